The van der Waals surface area contributed by atoms with Crippen molar-refractivity contribution in [1.82, 2.24) is 0 Å². The Balaban J connectivity index is -0.0000000621. The minimum atomic E-state index is -0.500. The van der Waals surface area contributed by atoms with Crippen LogP contribution in [0.25, 0.3) is 0 Å². The van der Waals surface area contributed by atoms with Gasteiger partial charge in [0.1, 0.15) is 0 Å². The molecule has 0 aliphatic heterocycles. The molecule has 0 rings (SSSR count). The molecule has 0 aromatic carbocycles. The molecule has 0 aliphatic rings. The van der Waals surface area contributed by atoms with E-state index in [0.717, 1.165) is 0 Å². The van der Waals surface area contributed by atoms with Gasteiger partial charge in [0.05, 0.1) is 11.2 Å². The molecule has 0 aromatic rings. The second-order valence-electron chi connectivity index (χ2n) is 4.78. The summed E-state index contributed by atoms with van der Waals surface area (Å²) in [5, 5.41) is 17.0. The standard InChI is InChI=1S/2C4H10O.2CH3.2ClH.2In/c2*1-4(2,3)5;;;;;;/h2*5H,1-3H3;2*1H3;2*1H;;/q;;;;;;2*+1/p-2. The summed E-state index contributed by atoms with van der Waals surface area (Å²) in [6, 6.07) is 0. The first-order chi connectivity index (χ1) is 6.83. The van der Waals surface area contributed by atoms with Crippen LogP contribution in [0.2, 0.25) is 9.36 Å². The third-order valence-corrected chi connectivity index (χ3v) is 0. The van der Waals surface area contributed by atoms with Gasteiger partial charge in [0, 0.05) is 0 Å². The molecule has 0 aliphatic carbocycles. The van der Waals surface area contributed by atoms with Crippen LogP contribution >= 0.6 is 17.2 Å². The zero-order chi connectivity index (χ0) is 14.4. The monoisotopic (exact) mass is 478 g/mol. The molecule has 0 atom stereocenters. The Morgan fingerprint density at radius 1 is 0.688 bits per heavy atom. The van der Waals surface area contributed by atoms with Crippen molar-refractivity contribution >= 4 is 60.6 Å². The number of rotatable bonds is 0. The summed E-state index contributed by atoms with van der Waals surface area (Å²) in [6.07, 6.45) is 0. The Morgan fingerprint density at radius 3 is 0.688 bits per heavy atom. The zero-order valence-corrected chi connectivity index (χ0v) is 19.9. The SMILES string of the molecule is CC(C)(C)O.CC(C)(C)O.[CH3][In][Cl].[CH3][In][Cl]. The normalized spacial score (nSPS) is 9.25. The van der Waals surface area contributed by atoms with Crippen LogP contribution in [0.5, 0.6) is 0 Å². The molecule has 0 heterocycles. The predicted octanol–water partition coefficient (Wildman–Crippen LogP) is 3.34. The van der Waals surface area contributed by atoms with Gasteiger partial charge in [-0.1, -0.05) is 0 Å². The van der Waals surface area contributed by atoms with Gasteiger partial charge in [-0.15, -0.1) is 0 Å². The number of hydrogen-bond donors (Lipinski definition) is 2. The van der Waals surface area contributed by atoms with E-state index in [1.807, 2.05) is 0 Å². The Bertz CT molecular complexity index is 86.4. The van der Waals surface area contributed by atoms with Crippen LogP contribution in [0.1, 0.15) is 41.5 Å². The minimum absolute atomic E-state index is 0.418. The van der Waals surface area contributed by atoms with Gasteiger partial charge < -0.3 is 10.2 Å². The summed E-state index contributed by atoms with van der Waals surface area (Å²) < 4.78 is 4.16. The van der Waals surface area contributed by atoms with Crippen LogP contribution < -0.4 is 0 Å². The van der Waals surface area contributed by atoms with E-state index in [-0.39, 0.29) is 0 Å². The van der Waals surface area contributed by atoms with E-state index < -0.39 is 54.6 Å². The fourth-order valence-corrected chi connectivity index (χ4v) is 0. The molecule has 0 saturated carbocycles. The summed E-state index contributed by atoms with van der Waals surface area (Å²) in [5.74, 6) is 0. The molecular weight excluding hydrogens is 453 g/mol. The van der Waals surface area contributed by atoms with Crippen LogP contribution in [0.3, 0.4) is 0 Å². The first-order valence-electron chi connectivity index (χ1n) is 5.04. The fourth-order valence-electron chi connectivity index (χ4n) is 0. The first kappa shape index (κ1) is 26.7. The molecular formula is C10H26Cl2In2O2. The summed E-state index contributed by atoms with van der Waals surface area (Å²) in [7, 11) is 10.4. The van der Waals surface area contributed by atoms with Gasteiger partial charge in [0.2, 0.25) is 0 Å². The quantitative estimate of drug-likeness (QED) is 0.561. The Kier molecular flexibility index (Phi) is 28.8. The first-order valence-corrected chi connectivity index (χ1v) is 20.0. The summed E-state index contributed by atoms with van der Waals surface area (Å²) >= 11 is -0.836. The van der Waals surface area contributed by atoms with Crippen molar-refractivity contribution in [2.24, 2.45) is 0 Å². The molecule has 0 fully saturated rings. The Morgan fingerprint density at radius 2 is 0.688 bits per heavy atom. The fraction of sp³-hybridized carbons (Fsp3) is 1.00. The van der Waals surface area contributed by atoms with Crippen LogP contribution in [-0.2, 0) is 0 Å². The summed E-state index contributed by atoms with van der Waals surface area (Å²) in [4.78, 5) is 0. The molecule has 0 saturated heterocycles. The van der Waals surface area contributed by atoms with Crippen molar-refractivity contribution in [3.05, 3.63) is 0 Å². The molecule has 2 N–H and O–H groups in total. The second-order valence-corrected chi connectivity index (χ2v) is 13.1. The number of aliphatic hydroxyl groups is 2. The van der Waals surface area contributed by atoms with Crippen LogP contribution in [0.4, 0.5) is 0 Å². The van der Waals surface area contributed by atoms with E-state index >= 15 is 0 Å². The predicted molar refractivity (Wildman–Crippen MR) is 78.9 cm³/mol. The van der Waals surface area contributed by atoms with Crippen LogP contribution in [0, 0.1) is 0 Å². The maximum absolute atomic E-state index is 8.52. The van der Waals surface area contributed by atoms with E-state index in [4.69, 9.17) is 27.4 Å². The van der Waals surface area contributed by atoms with Gasteiger partial charge in [0.25, 0.3) is 0 Å². The molecule has 0 spiro atoms. The Hall–Kier alpha value is 2.24. The summed E-state index contributed by atoms with van der Waals surface area (Å²) in [6.45, 7) is 10.5. The van der Waals surface area contributed by atoms with Gasteiger partial charge in [-0.05, 0) is 41.5 Å². The molecule has 0 aromatic heterocycles. The number of hydrogen-bond acceptors (Lipinski definition) is 2. The van der Waals surface area contributed by atoms with E-state index in [1.54, 1.807) is 41.5 Å². The molecule has 0 unspecified atom stereocenters. The van der Waals surface area contributed by atoms with Gasteiger partial charge in [-0.2, -0.15) is 0 Å². The van der Waals surface area contributed by atoms with E-state index in [1.165, 1.54) is 0 Å². The molecule has 2 nitrogen and oxygen atoms in total. The topological polar surface area (TPSA) is 40.5 Å². The molecule has 0 bridgehead atoms. The number of halogens is 2. The van der Waals surface area contributed by atoms with Gasteiger partial charge >= 0.3 is 70.0 Å². The molecule has 98 valence electrons. The van der Waals surface area contributed by atoms with Crippen LogP contribution in [-0.4, -0.2) is 64.9 Å². The van der Waals surface area contributed by atoms with Gasteiger partial charge in [-0.25, -0.2) is 0 Å². The summed E-state index contributed by atoms with van der Waals surface area (Å²) in [5.41, 5.74) is -1.00. The van der Waals surface area contributed by atoms with Gasteiger partial charge in [-0.3, -0.25) is 0 Å². The van der Waals surface area contributed by atoms with Crippen molar-refractivity contribution in [2.75, 3.05) is 0 Å². The van der Waals surface area contributed by atoms with Gasteiger partial charge in [0.15, 0.2) is 0 Å². The van der Waals surface area contributed by atoms with E-state index in [9.17, 15) is 0 Å². The van der Waals surface area contributed by atoms with E-state index in [0.29, 0.717) is 0 Å². The Labute approximate surface area is 131 Å². The van der Waals surface area contributed by atoms with Crippen molar-refractivity contribution in [3.63, 3.8) is 0 Å². The molecule has 6 heteroatoms. The van der Waals surface area contributed by atoms with Crippen LogP contribution in [0.15, 0.2) is 0 Å². The second kappa shape index (κ2) is 17.2. The maximum atomic E-state index is 8.52. The van der Waals surface area contributed by atoms with Crippen molar-refractivity contribution in [3.8, 4) is 0 Å². The van der Waals surface area contributed by atoms with Crippen molar-refractivity contribution in [1.29, 1.82) is 0 Å². The zero-order valence-electron chi connectivity index (χ0n) is 11.8. The van der Waals surface area contributed by atoms with Crippen molar-refractivity contribution < 1.29 is 10.2 Å². The average Bonchev–Trinajstić information content (AvgIpc) is 1.79. The molecule has 16 heavy (non-hydrogen) atoms. The van der Waals surface area contributed by atoms with E-state index in [2.05, 4.69) is 9.36 Å². The molecule has 0 amide bonds. The third kappa shape index (κ3) is 752. The van der Waals surface area contributed by atoms with Crippen molar-refractivity contribution in [2.45, 2.75) is 62.1 Å². The average molecular weight is 479 g/mol. The molecule has 2 radical (unpaired) electrons. The third-order valence-electron chi connectivity index (χ3n) is 0.